The summed E-state index contributed by atoms with van der Waals surface area (Å²) in [6.07, 6.45) is 0.450. The molecule has 10 heavy (non-hydrogen) atoms. The van der Waals surface area contributed by atoms with Crippen LogP contribution in [0.5, 0.6) is 0 Å². The van der Waals surface area contributed by atoms with Crippen LogP contribution in [0.4, 0.5) is 0 Å². The lowest BCUT2D eigenvalue weighted by Gasteiger charge is -1.98. The van der Waals surface area contributed by atoms with E-state index in [1.165, 1.54) is 0 Å². The van der Waals surface area contributed by atoms with Crippen molar-refractivity contribution in [2.75, 3.05) is 11.5 Å². The molecule has 0 aliphatic carbocycles. The van der Waals surface area contributed by atoms with Crippen LogP contribution in [-0.2, 0) is 20.8 Å². The van der Waals surface area contributed by atoms with Gasteiger partial charge in [0.15, 0.2) is 9.84 Å². The van der Waals surface area contributed by atoms with Crippen molar-refractivity contribution >= 4 is 20.8 Å². The maximum Gasteiger partial charge on any atom is 0.151 e. The standard InChI is InChI=1S/C4H9NO3S2/c5-9(6)4-1-2-10(7,8)3-4/h4H,1-3,5H2. The fourth-order valence-electron chi connectivity index (χ4n) is 0.944. The van der Waals surface area contributed by atoms with E-state index in [0.29, 0.717) is 6.42 Å². The minimum Gasteiger partial charge on any atom is -0.252 e. The summed E-state index contributed by atoms with van der Waals surface area (Å²) in [4.78, 5) is 0. The van der Waals surface area contributed by atoms with E-state index in [1.54, 1.807) is 0 Å². The molecule has 1 fully saturated rings. The third-order valence-electron chi connectivity index (χ3n) is 1.52. The first-order valence-corrected chi connectivity index (χ1v) is 5.96. The van der Waals surface area contributed by atoms with Crippen LogP contribution in [0.3, 0.4) is 0 Å². The molecular formula is C4H9NO3S2. The average Bonchev–Trinajstić information content (AvgIpc) is 2.10. The highest BCUT2D eigenvalue weighted by atomic mass is 32.2. The van der Waals surface area contributed by atoms with Crippen molar-refractivity contribution in [1.82, 2.24) is 0 Å². The largest absolute Gasteiger partial charge is 0.252 e. The maximum absolute atomic E-state index is 10.8. The van der Waals surface area contributed by atoms with E-state index in [2.05, 4.69) is 0 Å². The SMILES string of the molecule is NS(=O)C1CCS(=O)(=O)C1. The molecule has 0 bridgehead atoms. The quantitative estimate of drug-likeness (QED) is 0.554. The fraction of sp³-hybridized carbons (Fsp3) is 1.00. The fourth-order valence-corrected chi connectivity index (χ4v) is 4.15. The molecule has 1 aliphatic rings. The van der Waals surface area contributed by atoms with Crippen LogP contribution >= 0.6 is 0 Å². The van der Waals surface area contributed by atoms with E-state index in [1.807, 2.05) is 0 Å². The van der Waals surface area contributed by atoms with Crippen LogP contribution in [0.2, 0.25) is 0 Å². The molecule has 0 radical (unpaired) electrons. The molecule has 0 amide bonds. The Morgan fingerprint density at radius 1 is 1.50 bits per heavy atom. The molecule has 2 unspecified atom stereocenters. The van der Waals surface area contributed by atoms with Crippen molar-refractivity contribution < 1.29 is 12.6 Å². The Balaban J connectivity index is 2.69. The molecule has 0 saturated carbocycles. The molecule has 60 valence electrons. The lowest BCUT2D eigenvalue weighted by molar-refractivity contribution is 0.602. The Morgan fingerprint density at radius 2 is 2.10 bits per heavy atom. The van der Waals surface area contributed by atoms with Gasteiger partial charge in [0.25, 0.3) is 0 Å². The average molecular weight is 183 g/mol. The van der Waals surface area contributed by atoms with Gasteiger partial charge in [0.05, 0.1) is 27.7 Å². The molecule has 4 nitrogen and oxygen atoms in total. The zero-order valence-corrected chi connectivity index (χ0v) is 6.95. The summed E-state index contributed by atoms with van der Waals surface area (Å²) < 4.78 is 32.1. The van der Waals surface area contributed by atoms with Gasteiger partial charge in [-0.15, -0.1) is 0 Å². The van der Waals surface area contributed by atoms with Crippen molar-refractivity contribution in [3.8, 4) is 0 Å². The van der Waals surface area contributed by atoms with Gasteiger partial charge in [-0.25, -0.2) is 12.6 Å². The van der Waals surface area contributed by atoms with E-state index in [0.717, 1.165) is 0 Å². The highest BCUT2D eigenvalue weighted by Gasteiger charge is 2.30. The van der Waals surface area contributed by atoms with E-state index in [-0.39, 0.29) is 16.8 Å². The zero-order valence-electron chi connectivity index (χ0n) is 5.32. The van der Waals surface area contributed by atoms with Gasteiger partial charge in [0.2, 0.25) is 0 Å². The van der Waals surface area contributed by atoms with Crippen LogP contribution in [0.15, 0.2) is 0 Å². The van der Waals surface area contributed by atoms with Crippen LogP contribution in [0.25, 0.3) is 0 Å². The first-order valence-electron chi connectivity index (χ1n) is 2.87. The second-order valence-electron chi connectivity index (χ2n) is 2.35. The van der Waals surface area contributed by atoms with Gasteiger partial charge in [-0.05, 0) is 6.42 Å². The maximum atomic E-state index is 10.8. The number of rotatable bonds is 1. The molecule has 0 aromatic heterocycles. The predicted molar refractivity (Wildman–Crippen MR) is 39.4 cm³/mol. The van der Waals surface area contributed by atoms with Gasteiger partial charge in [-0.1, -0.05) is 0 Å². The molecular weight excluding hydrogens is 174 g/mol. The molecule has 1 saturated heterocycles. The second kappa shape index (κ2) is 2.60. The molecule has 1 rings (SSSR count). The Hall–Kier alpha value is 0.0600. The van der Waals surface area contributed by atoms with Gasteiger partial charge in [0.1, 0.15) is 0 Å². The second-order valence-corrected chi connectivity index (χ2v) is 5.91. The monoisotopic (exact) mass is 183 g/mol. The van der Waals surface area contributed by atoms with Gasteiger partial charge in [-0.2, -0.15) is 0 Å². The Bertz CT molecular complexity index is 245. The minimum absolute atomic E-state index is 0.00386. The van der Waals surface area contributed by atoms with Crippen molar-refractivity contribution in [1.29, 1.82) is 0 Å². The summed E-state index contributed by atoms with van der Waals surface area (Å²) in [5.74, 6) is 0.136. The lowest BCUT2D eigenvalue weighted by Crippen LogP contribution is -2.22. The smallest absolute Gasteiger partial charge is 0.151 e. The molecule has 6 heteroatoms. The van der Waals surface area contributed by atoms with Gasteiger partial charge in [0, 0.05) is 0 Å². The molecule has 0 spiro atoms. The Morgan fingerprint density at radius 3 is 2.30 bits per heavy atom. The third-order valence-corrected chi connectivity index (χ3v) is 4.56. The highest BCUT2D eigenvalue weighted by Crippen LogP contribution is 2.14. The summed E-state index contributed by atoms with van der Waals surface area (Å²) in [6.45, 7) is 0. The van der Waals surface area contributed by atoms with E-state index >= 15 is 0 Å². The number of hydrogen-bond acceptors (Lipinski definition) is 3. The minimum atomic E-state index is -2.91. The van der Waals surface area contributed by atoms with Gasteiger partial charge < -0.3 is 0 Å². The normalized spacial score (nSPS) is 33.9. The summed E-state index contributed by atoms with van der Waals surface area (Å²) in [7, 11) is -4.38. The molecule has 2 atom stereocenters. The molecule has 1 heterocycles. The van der Waals surface area contributed by atoms with Crippen LogP contribution in [0, 0.1) is 0 Å². The first kappa shape index (κ1) is 8.16. The van der Waals surface area contributed by atoms with Crippen molar-refractivity contribution in [2.24, 2.45) is 5.14 Å². The van der Waals surface area contributed by atoms with Crippen LogP contribution < -0.4 is 5.14 Å². The van der Waals surface area contributed by atoms with Crippen LogP contribution in [-0.4, -0.2) is 29.4 Å². The van der Waals surface area contributed by atoms with E-state index in [4.69, 9.17) is 5.14 Å². The molecule has 0 aromatic rings. The highest BCUT2D eigenvalue weighted by molar-refractivity contribution is 7.93. The van der Waals surface area contributed by atoms with Crippen molar-refractivity contribution in [3.63, 3.8) is 0 Å². The number of nitrogens with two attached hydrogens (primary N) is 1. The van der Waals surface area contributed by atoms with E-state index < -0.39 is 20.8 Å². The first-order chi connectivity index (χ1) is 4.51. The Kier molecular flexibility index (Phi) is 2.12. The number of sulfone groups is 1. The summed E-state index contributed by atoms with van der Waals surface area (Å²) in [5, 5.41) is 4.70. The predicted octanol–water partition coefficient (Wildman–Crippen LogP) is -1.20. The van der Waals surface area contributed by atoms with Gasteiger partial charge in [-0.3, -0.25) is 5.14 Å². The van der Waals surface area contributed by atoms with Gasteiger partial charge >= 0.3 is 0 Å². The summed E-state index contributed by atoms with van der Waals surface area (Å²) in [6, 6.07) is 0. The number of hydrogen-bond donors (Lipinski definition) is 1. The third kappa shape index (κ3) is 1.77. The summed E-state index contributed by atoms with van der Waals surface area (Å²) >= 11 is 0. The molecule has 2 N–H and O–H groups in total. The topological polar surface area (TPSA) is 77.2 Å². The van der Waals surface area contributed by atoms with E-state index in [9.17, 15) is 12.6 Å². The Labute approximate surface area is 62.3 Å². The molecule has 1 aliphatic heterocycles. The van der Waals surface area contributed by atoms with Crippen molar-refractivity contribution in [3.05, 3.63) is 0 Å². The van der Waals surface area contributed by atoms with Crippen molar-refractivity contribution in [2.45, 2.75) is 11.7 Å². The van der Waals surface area contributed by atoms with Crippen LogP contribution in [0.1, 0.15) is 6.42 Å². The molecule has 0 aromatic carbocycles. The zero-order chi connectivity index (χ0) is 7.78. The summed E-state index contributed by atoms with van der Waals surface area (Å²) in [5.41, 5.74) is 0. The lowest BCUT2D eigenvalue weighted by atomic mass is 10.4.